The molecule has 0 radical (unpaired) electrons. The van der Waals surface area contributed by atoms with Gasteiger partial charge in [0.1, 0.15) is 0 Å². The Balaban J connectivity index is 1.44. The Hall–Kier alpha value is -3.61. The summed E-state index contributed by atoms with van der Waals surface area (Å²) in [6, 6.07) is 5.36. The zero-order valence-electron chi connectivity index (χ0n) is 21.4. The molecule has 0 unspecified atom stereocenters. The molecule has 5 heterocycles. The standard InChI is InChI=1S/C31H31FN4S/c1-5-21(19-36-12-8-9-13-36)15-22(6-2)20(4)14-24-26(7-3)35-31(24)27-16-23-25(17-33-18-28(23)34-27)29-10-11-30(32)37-29/h5-7,10-11,14-18,34H,1,4,8-9,12-13,19H2,2-3H3/b21-15+,22-6+,24-14+,26-7+. The summed E-state index contributed by atoms with van der Waals surface area (Å²) in [4.78, 5) is 15.9. The number of H-pyrrole nitrogens is 1. The second kappa shape index (κ2) is 10.8. The zero-order chi connectivity index (χ0) is 25.9. The largest absolute Gasteiger partial charge is 0.352 e. The Kier molecular flexibility index (Phi) is 7.31. The second-order valence-electron chi connectivity index (χ2n) is 9.30. The molecular weight excluding hydrogens is 479 g/mol. The van der Waals surface area contributed by atoms with Crippen molar-refractivity contribution in [1.29, 1.82) is 0 Å². The number of pyridine rings is 1. The molecule has 0 spiro atoms. The average Bonchev–Trinajstić information content (AvgIpc) is 3.65. The molecule has 6 heteroatoms. The van der Waals surface area contributed by atoms with Gasteiger partial charge in [0.25, 0.3) is 0 Å². The van der Waals surface area contributed by atoms with Gasteiger partial charge < -0.3 is 4.98 Å². The molecule has 5 rings (SSSR count). The van der Waals surface area contributed by atoms with Gasteiger partial charge in [-0.3, -0.25) is 9.88 Å². The fraction of sp³-hybridized carbons (Fsp3) is 0.226. The Morgan fingerprint density at radius 3 is 2.70 bits per heavy atom. The van der Waals surface area contributed by atoms with E-state index in [9.17, 15) is 4.39 Å². The number of aliphatic imine (C=N–C) groups is 1. The summed E-state index contributed by atoms with van der Waals surface area (Å²) < 4.78 is 13.7. The predicted octanol–water partition coefficient (Wildman–Crippen LogP) is 7.77. The van der Waals surface area contributed by atoms with Crippen molar-refractivity contribution in [2.45, 2.75) is 26.7 Å². The van der Waals surface area contributed by atoms with Gasteiger partial charge in [-0.2, -0.15) is 4.39 Å². The lowest BCUT2D eigenvalue weighted by atomic mass is 9.92. The highest BCUT2D eigenvalue weighted by atomic mass is 32.1. The van der Waals surface area contributed by atoms with Crippen LogP contribution in [0.5, 0.6) is 0 Å². The number of allylic oxidation sites excluding steroid dienone is 7. The number of aromatic nitrogens is 2. The number of hydrogen-bond donors (Lipinski definition) is 1. The quantitative estimate of drug-likeness (QED) is 0.315. The smallest absolute Gasteiger partial charge is 0.176 e. The summed E-state index contributed by atoms with van der Waals surface area (Å²) in [5.74, 6) is 0. The summed E-state index contributed by atoms with van der Waals surface area (Å²) >= 11 is 1.12. The molecule has 4 nitrogen and oxygen atoms in total. The maximum atomic E-state index is 13.7. The van der Waals surface area contributed by atoms with Crippen LogP contribution < -0.4 is 0 Å². The molecule has 0 amide bonds. The van der Waals surface area contributed by atoms with Crippen LogP contribution >= 0.6 is 11.3 Å². The third-order valence-corrected chi connectivity index (χ3v) is 7.79. The highest BCUT2D eigenvalue weighted by Gasteiger charge is 2.25. The van der Waals surface area contributed by atoms with Crippen molar-refractivity contribution in [3.8, 4) is 10.4 Å². The van der Waals surface area contributed by atoms with Crippen LogP contribution in [0.25, 0.3) is 21.3 Å². The van der Waals surface area contributed by atoms with Crippen molar-refractivity contribution in [2.24, 2.45) is 4.99 Å². The Morgan fingerprint density at radius 2 is 2.03 bits per heavy atom. The number of fused-ring (bicyclic) bond motifs is 1. The number of likely N-dealkylation sites (tertiary alicyclic amines) is 1. The molecule has 0 aromatic carbocycles. The van der Waals surface area contributed by atoms with E-state index in [1.54, 1.807) is 18.5 Å². The maximum Gasteiger partial charge on any atom is 0.176 e. The lowest BCUT2D eigenvalue weighted by molar-refractivity contribution is 0.371. The molecule has 3 aromatic rings. The van der Waals surface area contributed by atoms with Crippen LogP contribution in [0, 0.1) is 5.13 Å². The van der Waals surface area contributed by atoms with E-state index in [1.807, 2.05) is 26.0 Å². The molecule has 0 aliphatic carbocycles. The molecule has 1 N–H and O–H groups in total. The van der Waals surface area contributed by atoms with Crippen molar-refractivity contribution in [2.75, 3.05) is 19.6 Å². The van der Waals surface area contributed by atoms with Crippen LogP contribution in [-0.2, 0) is 0 Å². The van der Waals surface area contributed by atoms with Gasteiger partial charge in [-0.1, -0.05) is 37.5 Å². The van der Waals surface area contributed by atoms with Crippen molar-refractivity contribution in [3.05, 3.63) is 113 Å². The fourth-order valence-corrected chi connectivity index (χ4v) is 5.65. The summed E-state index contributed by atoms with van der Waals surface area (Å²) in [7, 11) is 0. The Bertz CT molecular complexity index is 1520. The van der Waals surface area contributed by atoms with E-state index in [1.165, 1.54) is 24.5 Å². The molecule has 2 aliphatic heterocycles. The summed E-state index contributed by atoms with van der Waals surface area (Å²) in [5, 5.41) is 0.790. The van der Waals surface area contributed by atoms with Crippen molar-refractivity contribution in [1.82, 2.24) is 14.9 Å². The fourth-order valence-electron chi connectivity index (χ4n) is 4.90. The normalized spacial score (nSPS) is 19.1. The van der Waals surface area contributed by atoms with Crippen LogP contribution in [0.1, 0.15) is 32.4 Å². The molecule has 0 bridgehead atoms. The minimum Gasteiger partial charge on any atom is -0.352 e. The lowest BCUT2D eigenvalue weighted by Gasteiger charge is -2.21. The molecule has 3 aromatic heterocycles. The van der Waals surface area contributed by atoms with E-state index in [-0.39, 0.29) is 5.13 Å². The summed E-state index contributed by atoms with van der Waals surface area (Å²) in [6.45, 7) is 15.7. The van der Waals surface area contributed by atoms with Gasteiger partial charge in [0, 0.05) is 34.1 Å². The second-order valence-corrected chi connectivity index (χ2v) is 10.3. The number of rotatable bonds is 8. The molecule has 2 aliphatic rings. The number of nitrogens with zero attached hydrogens (tertiary/aromatic N) is 3. The first-order valence-corrected chi connectivity index (χ1v) is 13.4. The molecule has 1 saturated heterocycles. The van der Waals surface area contributed by atoms with E-state index in [0.717, 1.165) is 86.1 Å². The van der Waals surface area contributed by atoms with Gasteiger partial charge in [-0.25, -0.2) is 4.99 Å². The van der Waals surface area contributed by atoms with E-state index < -0.39 is 0 Å². The third-order valence-electron chi connectivity index (χ3n) is 6.88. The van der Waals surface area contributed by atoms with Gasteiger partial charge in [0.05, 0.1) is 28.8 Å². The number of halogens is 1. The average molecular weight is 511 g/mol. The first-order valence-electron chi connectivity index (χ1n) is 12.6. The number of aromatic amines is 1. The van der Waals surface area contributed by atoms with Crippen LogP contribution in [0.2, 0.25) is 0 Å². The molecule has 188 valence electrons. The van der Waals surface area contributed by atoms with Crippen LogP contribution in [0.4, 0.5) is 4.39 Å². The Morgan fingerprint density at radius 1 is 1.22 bits per heavy atom. The number of thiophene rings is 1. The SMILES string of the molecule is C=C/C(=C\C(=C/C)C(=C)/C=C1C(c2cc3c(-c4ccc(F)s4)cncc3[nH]2)=NC/1=C/C)CN1CCCC1. The van der Waals surface area contributed by atoms with Gasteiger partial charge in [0.2, 0.25) is 0 Å². The first-order chi connectivity index (χ1) is 18.0. The predicted molar refractivity (Wildman–Crippen MR) is 155 cm³/mol. The van der Waals surface area contributed by atoms with E-state index >= 15 is 0 Å². The first kappa shape index (κ1) is 25.1. The lowest BCUT2D eigenvalue weighted by Crippen LogP contribution is -2.21. The van der Waals surface area contributed by atoms with Crippen LogP contribution in [-0.4, -0.2) is 40.2 Å². The van der Waals surface area contributed by atoms with Crippen molar-refractivity contribution < 1.29 is 4.39 Å². The van der Waals surface area contributed by atoms with Gasteiger partial charge in [-0.05, 0) is 80.8 Å². The molecule has 0 atom stereocenters. The minimum absolute atomic E-state index is 0.207. The number of hydrogen-bond acceptors (Lipinski definition) is 4. The molecule has 1 fully saturated rings. The highest BCUT2D eigenvalue weighted by molar-refractivity contribution is 7.14. The van der Waals surface area contributed by atoms with Gasteiger partial charge in [-0.15, -0.1) is 11.3 Å². The minimum atomic E-state index is -0.207. The van der Waals surface area contributed by atoms with E-state index in [4.69, 9.17) is 4.99 Å². The van der Waals surface area contributed by atoms with Gasteiger partial charge in [0.15, 0.2) is 5.13 Å². The monoisotopic (exact) mass is 510 g/mol. The number of nitrogens with one attached hydrogen (secondary N) is 1. The van der Waals surface area contributed by atoms with Crippen LogP contribution in [0.3, 0.4) is 0 Å². The molecule has 37 heavy (non-hydrogen) atoms. The molecular formula is C31H31FN4S. The van der Waals surface area contributed by atoms with Crippen molar-refractivity contribution in [3.63, 3.8) is 0 Å². The highest BCUT2D eigenvalue weighted by Crippen LogP contribution is 2.36. The van der Waals surface area contributed by atoms with E-state index in [2.05, 4.69) is 52.3 Å². The van der Waals surface area contributed by atoms with E-state index in [0.29, 0.717) is 0 Å². The third kappa shape index (κ3) is 5.13. The summed E-state index contributed by atoms with van der Waals surface area (Å²) in [5.41, 5.74) is 8.78. The zero-order valence-corrected chi connectivity index (χ0v) is 22.2. The van der Waals surface area contributed by atoms with Gasteiger partial charge >= 0.3 is 0 Å². The molecule has 0 saturated carbocycles. The summed E-state index contributed by atoms with van der Waals surface area (Å²) in [6.07, 6.45) is 16.5. The van der Waals surface area contributed by atoms with Crippen LogP contribution in [0.15, 0.2) is 107 Å². The topological polar surface area (TPSA) is 44.3 Å². The Labute approximate surface area is 221 Å². The van der Waals surface area contributed by atoms with Crippen molar-refractivity contribution >= 4 is 28.0 Å². The maximum absolute atomic E-state index is 13.7.